The minimum absolute atomic E-state index is 0.0672. The highest BCUT2D eigenvalue weighted by Crippen LogP contribution is 1.98. The summed E-state index contributed by atoms with van der Waals surface area (Å²) in [7, 11) is 1.84. The average molecular weight is 164 g/mol. The summed E-state index contributed by atoms with van der Waals surface area (Å²) in [4.78, 5) is 11.3. The molecule has 0 spiro atoms. The lowest BCUT2D eigenvalue weighted by Gasteiger charge is -2.02. The highest BCUT2D eigenvalue weighted by atomic mass is 16.1. The van der Waals surface area contributed by atoms with E-state index < -0.39 is 0 Å². The molecule has 0 radical (unpaired) electrons. The van der Waals surface area contributed by atoms with E-state index in [0.29, 0.717) is 12.2 Å². The van der Waals surface area contributed by atoms with Gasteiger partial charge in [-0.2, -0.15) is 0 Å². The van der Waals surface area contributed by atoms with Crippen LogP contribution in [0.3, 0.4) is 0 Å². The second-order valence-corrected chi connectivity index (χ2v) is 2.50. The van der Waals surface area contributed by atoms with Crippen molar-refractivity contribution in [3.63, 3.8) is 0 Å². The number of rotatable bonds is 3. The number of hydrogen-bond acceptors (Lipinski definition) is 1. The third-order valence-electron chi connectivity index (χ3n) is 1.58. The van der Waals surface area contributed by atoms with Gasteiger partial charge in [-0.3, -0.25) is 4.79 Å². The third kappa shape index (κ3) is 1.75. The van der Waals surface area contributed by atoms with Gasteiger partial charge in [0.15, 0.2) is 0 Å². The molecule has 0 aliphatic rings. The van der Waals surface area contributed by atoms with Crippen LogP contribution in [0.5, 0.6) is 0 Å². The Morgan fingerprint density at radius 1 is 1.83 bits per heavy atom. The number of nitrogens with zero attached hydrogens (tertiary/aromatic N) is 1. The molecular weight excluding hydrogens is 152 g/mol. The quantitative estimate of drug-likeness (QED) is 0.663. The Morgan fingerprint density at radius 2 is 2.58 bits per heavy atom. The molecule has 0 fully saturated rings. The number of aromatic nitrogens is 1. The molecule has 0 saturated carbocycles. The van der Waals surface area contributed by atoms with Crippen LogP contribution in [-0.2, 0) is 7.05 Å². The molecular formula is C9H12N2O. The van der Waals surface area contributed by atoms with Gasteiger partial charge in [0.1, 0.15) is 5.69 Å². The van der Waals surface area contributed by atoms with Crippen LogP contribution in [0.25, 0.3) is 0 Å². The smallest absolute Gasteiger partial charge is 0.268 e. The molecule has 0 bridgehead atoms. The van der Waals surface area contributed by atoms with Crippen LogP contribution in [0, 0.1) is 0 Å². The number of aryl methyl sites for hydroxylation is 1. The fourth-order valence-corrected chi connectivity index (χ4v) is 0.952. The van der Waals surface area contributed by atoms with Crippen molar-refractivity contribution in [2.45, 2.75) is 0 Å². The molecule has 0 saturated heterocycles. The summed E-state index contributed by atoms with van der Waals surface area (Å²) in [5.41, 5.74) is 0.664. The second kappa shape index (κ2) is 3.76. The Morgan fingerprint density at radius 3 is 3.08 bits per heavy atom. The third-order valence-corrected chi connectivity index (χ3v) is 1.58. The van der Waals surface area contributed by atoms with Gasteiger partial charge in [-0.15, -0.1) is 6.58 Å². The predicted molar refractivity (Wildman–Crippen MR) is 47.9 cm³/mol. The molecule has 1 heterocycles. The monoisotopic (exact) mass is 164 g/mol. The Labute approximate surface area is 71.7 Å². The Bertz CT molecular complexity index is 288. The predicted octanol–water partition coefficient (Wildman–Crippen LogP) is 0.941. The summed E-state index contributed by atoms with van der Waals surface area (Å²) in [5.74, 6) is -0.0672. The van der Waals surface area contributed by atoms with E-state index in [4.69, 9.17) is 0 Å². The van der Waals surface area contributed by atoms with Crippen molar-refractivity contribution in [2.75, 3.05) is 6.54 Å². The number of carbonyl (C=O) groups excluding carboxylic acids is 1. The molecule has 1 aromatic heterocycles. The molecule has 1 aromatic rings. The zero-order valence-electron chi connectivity index (χ0n) is 7.08. The normalized spacial score (nSPS) is 9.42. The van der Waals surface area contributed by atoms with Gasteiger partial charge in [0.2, 0.25) is 0 Å². The molecule has 0 aliphatic heterocycles. The van der Waals surface area contributed by atoms with Gasteiger partial charge in [0.05, 0.1) is 0 Å². The van der Waals surface area contributed by atoms with Gasteiger partial charge in [-0.25, -0.2) is 0 Å². The van der Waals surface area contributed by atoms with E-state index in [0.717, 1.165) is 0 Å². The summed E-state index contributed by atoms with van der Waals surface area (Å²) in [6.07, 6.45) is 3.49. The average Bonchev–Trinajstić information content (AvgIpc) is 2.47. The first-order valence-corrected chi connectivity index (χ1v) is 3.76. The maximum absolute atomic E-state index is 11.3. The largest absolute Gasteiger partial charge is 0.347 e. The Balaban J connectivity index is 2.65. The highest BCUT2D eigenvalue weighted by Gasteiger charge is 2.05. The van der Waals surface area contributed by atoms with Gasteiger partial charge in [-0.05, 0) is 12.1 Å². The van der Waals surface area contributed by atoms with E-state index in [1.807, 2.05) is 19.3 Å². The molecule has 12 heavy (non-hydrogen) atoms. The van der Waals surface area contributed by atoms with Crippen LogP contribution in [0.2, 0.25) is 0 Å². The Kier molecular flexibility index (Phi) is 2.69. The maximum Gasteiger partial charge on any atom is 0.268 e. The van der Waals surface area contributed by atoms with Gasteiger partial charge >= 0.3 is 0 Å². The molecule has 1 N–H and O–H groups in total. The first-order chi connectivity index (χ1) is 5.75. The minimum atomic E-state index is -0.0672. The van der Waals surface area contributed by atoms with Crippen LogP contribution in [0.15, 0.2) is 31.0 Å². The van der Waals surface area contributed by atoms with E-state index in [9.17, 15) is 4.79 Å². The van der Waals surface area contributed by atoms with Crippen LogP contribution in [0.1, 0.15) is 10.5 Å². The zero-order valence-corrected chi connectivity index (χ0v) is 7.08. The minimum Gasteiger partial charge on any atom is -0.347 e. The SMILES string of the molecule is C=CCNC(=O)c1cccn1C. The van der Waals surface area contributed by atoms with Crippen molar-refractivity contribution in [2.24, 2.45) is 7.05 Å². The number of amides is 1. The lowest BCUT2D eigenvalue weighted by Crippen LogP contribution is -2.25. The van der Waals surface area contributed by atoms with Gasteiger partial charge in [0, 0.05) is 19.8 Å². The van der Waals surface area contributed by atoms with Crippen LogP contribution >= 0.6 is 0 Å². The molecule has 0 aliphatic carbocycles. The summed E-state index contributed by atoms with van der Waals surface area (Å²) in [6.45, 7) is 4.02. The van der Waals surface area contributed by atoms with Crippen LogP contribution < -0.4 is 5.32 Å². The van der Waals surface area contributed by atoms with Gasteiger partial charge < -0.3 is 9.88 Å². The summed E-state index contributed by atoms with van der Waals surface area (Å²) < 4.78 is 1.78. The van der Waals surface area contributed by atoms with Crippen molar-refractivity contribution < 1.29 is 4.79 Å². The maximum atomic E-state index is 11.3. The standard InChI is InChI=1S/C9H12N2O/c1-3-6-10-9(12)8-5-4-7-11(8)2/h3-5,7H,1,6H2,2H3,(H,10,12). The molecule has 1 amide bonds. The van der Waals surface area contributed by atoms with Crippen molar-refractivity contribution in [1.82, 2.24) is 9.88 Å². The molecule has 1 rings (SSSR count). The first-order valence-electron chi connectivity index (χ1n) is 3.76. The topological polar surface area (TPSA) is 34.0 Å². The van der Waals surface area contributed by atoms with E-state index in [1.54, 1.807) is 16.7 Å². The van der Waals surface area contributed by atoms with Gasteiger partial charge in [0.25, 0.3) is 5.91 Å². The van der Waals surface area contributed by atoms with E-state index in [2.05, 4.69) is 11.9 Å². The summed E-state index contributed by atoms with van der Waals surface area (Å²) in [5, 5.41) is 2.70. The Hall–Kier alpha value is -1.51. The van der Waals surface area contributed by atoms with Crippen LogP contribution in [0.4, 0.5) is 0 Å². The number of hydrogen-bond donors (Lipinski definition) is 1. The van der Waals surface area contributed by atoms with E-state index >= 15 is 0 Å². The zero-order chi connectivity index (χ0) is 8.97. The molecule has 0 atom stereocenters. The van der Waals surface area contributed by atoms with Crippen molar-refractivity contribution in [3.8, 4) is 0 Å². The summed E-state index contributed by atoms with van der Waals surface area (Å²) in [6, 6.07) is 3.61. The highest BCUT2D eigenvalue weighted by molar-refractivity contribution is 5.92. The van der Waals surface area contributed by atoms with E-state index in [1.165, 1.54) is 0 Å². The first kappa shape index (κ1) is 8.59. The fraction of sp³-hybridized carbons (Fsp3) is 0.222. The van der Waals surface area contributed by atoms with Crippen molar-refractivity contribution in [1.29, 1.82) is 0 Å². The molecule has 3 nitrogen and oxygen atoms in total. The van der Waals surface area contributed by atoms with Gasteiger partial charge in [-0.1, -0.05) is 6.08 Å². The number of nitrogens with one attached hydrogen (secondary N) is 1. The van der Waals surface area contributed by atoms with Crippen LogP contribution in [-0.4, -0.2) is 17.0 Å². The molecule has 3 heteroatoms. The fourth-order valence-electron chi connectivity index (χ4n) is 0.952. The molecule has 0 unspecified atom stereocenters. The lowest BCUT2D eigenvalue weighted by molar-refractivity contribution is 0.0950. The second-order valence-electron chi connectivity index (χ2n) is 2.50. The summed E-state index contributed by atoms with van der Waals surface area (Å²) >= 11 is 0. The molecule has 0 aromatic carbocycles. The molecule has 64 valence electrons. The van der Waals surface area contributed by atoms with Crippen molar-refractivity contribution in [3.05, 3.63) is 36.7 Å². The lowest BCUT2D eigenvalue weighted by atomic mass is 10.4. The number of carbonyl (C=O) groups is 1. The van der Waals surface area contributed by atoms with Crippen molar-refractivity contribution >= 4 is 5.91 Å². The van der Waals surface area contributed by atoms with E-state index in [-0.39, 0.29) is 5.91 Å².